The third-order valence-corrected chi connectivity index (χ3v) is 3.41. The Bertz CT molecular complexity index is 464. The molecule has 1 aromatic heterocycles. The van der Waals surface area contributed by atoms with E-state index in [-0.39, 0.29) is 11.6 Å². The summed E-state index contributed by atoms with van der Waals surface area (Å²) in [6.07, 6.45) is 4.13. The van der Waals surface area contributed by atoms with Crippen LogP contribution in [-0.4, -0.2) is 47.3 Å². The van der Waals surface area contributed by atoms with Gasteiger partial charge in [0.1, 0.15) is 0 Å². The molecule has 1 fully saturated rings. The molecule has 0 radical (unpaired) electrons. The van der Waals surface area contributed by atoms with Gasteiger partial charge in [-0.05, 0) is 19.3 Å². The van der Waals surface area contributed by atoms with Gasteiger partial charge in [-0.15, -0.1) is 0 Å². The standard InChI is InChI=1S/C13H19N3O3/c1-3-11-10(12(17)18)7-14-13(15-11)16-6-4-5-9(16)8-19-2/h7,9H,3-6,8H2,1-2H3,(H,17,18)/t9-/m1/s1. The third-order valence-electron chi connectivity index (χ3n) is 3.41. The molecule has 1 N–H and O–H groups in total. The number of hydrogen-bond acceptors (Lipinski definition) is 5. The van der Waals surface area contributed by atoms with Crippen LogP contribution in [0, 0.1) is 0 Å². The molecule has 0 saturated carbocycles. The maximum Gasteiger partial charge on any atom is 0.339 e. The molecular formula is C13H19N3O3. The zero-order valence-electron chi connectivity index (χ0n) is 11.3. The predicted molar refractivity (Wildman–Crippen MR) is 70.6 cm³/mol. The molecule has 6 nitrogen and oxygen atoms in total. The number of carboxylic acids is 1. The minimum atomic E-state index is -0.974. The summed E-state index contributed by atoms with van der Waals surface area (Å²) in [5.41, 5.74) is 0.773. The van der Waals surface area contributed by atoms with E-state index in [1.165, 1.54) is 6.20 Å². The first-order valence-corrected chi connectivity index (χ1v) is 6.52. The number of aryl methyl sites for hydroxylation is 1. The topological polar surface area (TPSA) is 75.5 Å². The molecule has 0 aliphatic carbocycles. The van der Waals surface area contributed by atoms with Crippen LogP contribution in [0.2, 0.25) is 0 Å². The molecule has 1 saturated heterocycles. The average molecular weight is 265 g/mol. The second-order valence-corrected chi connectivity index (χ2v) is 4.63. The fourth-order valence-electron chi connectivity index (χ4n) is 2.46. The lowest BCUT2D eigenvalue weighted by Gasteiger charge is -2.24. The van der Waals surface area contributed by atoms with E-state index in [2.05, 4.69) is 14.9 Å². The van der Waals surface area contributed by atoms with Crippen molar-refractivity contribution in [1.82, 2.24) is 9.97 Å². The summed E-state index contributed by atoms with van der Waals surface area (Å²) in [6.45, 7) is 3.43. The largest absolute Gasteiger partial charge is 0.478 e. The number of hydrogen-bond donors (Lipinski definition) is 1. The Kier molecular flexibility index (Phi) is 4.31. The van der Waals surface area contributed by atoms with Crippen LogP contribution < -0.4 is 4.90 Å². The number of nitrogens with zero attached hydrogens (tertiary/aromatic N) is 3. The Morgan fingerprint density at radius 2 is 2.42 bits per heavy atom. The SMILES string of the molecule is CCc1nc(N2CCC[C@@H]2COC)ncc1C(=O)O. The van der Waals surface area contributed by atoms with Crippen LogP contribution in [0.15, 0.2) is 6.20 Å². The maximum absolute atomic E-state index is 11.1. The van der Waals surface area contributed by atoms with Crippen LogP contribution in [0.25, 0.3) is 0 Å². The number of aromatic carboxylic acids is 1. The van der Waals surface area contributed by atoms with E-state index < -0.39 is 5.97 Å². The lowest BCUT2D eigenvalue weighted by atomic mass is 10.2. The van der Waals surface area contributed by atoms with Crippen LogP contribution in [0.3, 0.4) is 0 Å². The number of methoxy groups -OCH3 is 1. The van der Waals surface area contributed by atoms with E-state index in [0.717, 1.165) is 19.4 Å². The Morgan fingerprint density at radius 1 is 1.63 bits per heavy atom. The lowest BCUT2D eigenvalue weighted by molar-refractivity contribution is 0.0694. The minimum absolute atomic E-state index is 0.189. The van der Waals surface area contributed by atoms with E-state index in [1.807, 2.05) is 6.92 Å². The first kappa shape index (κ1) is 13.7. The summed E-state index contributed by atoms with van der Waals surface area (Å²) in [4.78, 5) is 21.8. The molecular weight excluding hydrogens is 246 g/mol. The van der Waals surface area contributed by atoms with Crippen molar-refractivity contribution in [3.63, 3.8) is 0 Å². The number of rotatable bonds is 5. The fraction of sp³-hybridized carbons (Fsp3) is 0.615. The van der Waals surface area contributed by atoms with Crippen molar-refractivity contribution >= 4 is 11.9 Å². The van der Waals surface area contributed by atoms with E-state index >= 15 is 0 Å². The van der Waals surface area contributed by atoms with Crippen molar-refractivity contribution in [2.75, 3.05) is 25.2 Å². The maximum atomic E-state index is 11.1. The highest BCUT2D eigenvalue weighted by atomic mass is 16.5. The minimum Gasteiger partial charge on any atom is -0.478 e. The Morgan fingerprint density at radius 3 is 3.05 bits per heavy atom. The van der Waals surface area contributed by atoms with E-state index in [0.29, 0.717) is 24.7 Å². The van der Waals surface area contributed by atoms with Crippen molar-refractivity contribution < 1.29 is 14.6 Å². The molecule has 1 aliphatic heterocycles. The molecule has 0 aromatic carbocycles. The van der Waals surface area contributed by atoms with Crippen LogP contribution in [0.5, 0.6) is 0 Å². The Labute approximate surface area is 112 Å². The van der Waals surface area contributed by atoms with Gasteiger partial charge >= 0.3 is 5.97 Å². The van der Waals surface area contributed by atoms with Crippen molar-refractivity contribution in [2.24, 2.45) is 0 Å². The van der Waals surface area contributed by atoms with Gasteiger partial charge in [0.25, 0.3) is 0 Å². The Balaban J connectivity index is 2.27. The van der Waals surface area contributed by atoms with Crippen LogP contribution in [0.4, 0.5) is 5.95 Å². The first-order valence-electron chi connectivity index (χ1n) is 6.52. The highest BCUT2D eigenvalue weighted by Crippen LogP contribution is 2.23. The number of carbonyl (C=O) groups is 1. The molecule has 19 heavy (non-hydrogen) atoms. The summed E-state index contributed by atoms with van der Waals surface area (Å²) in [5.74, 6) is -0.361. The molecule has 2 heterocycles. The molecule has 0 unspecified atom stereocenters. The normalized spacial score (nSPS) is 18.8. The summed E-state index contributed by atoms with van der Waals surface area (Å²) in [7, 11) is 1.68. The van der Waals surface area contributed by atoms with Gasteiger partial charge in [-0.3, -0.25) is 0 Å². The van der Waals surface area contributed by atoms with Crippen LogP contribution in [0.1, 0.15) is 35.8 Å². The van der Waals surface area contributed by atoms with Crippen LogP contribution >= 0.6 is 0 Å². The quantitative estimate of drug-likeness (QED) is 0.866. The molecule has 0 spiro atoms. The van der Waals surface area contributed by atoms with Gasteiger partial charge < -0.3 is 14.7 Å². The number of carboxylic acid groups (broad SMARTS) is 1. The highest BCUT2D eigenvalue weighted by Gasteiger charge is 2.27. The van der Waals surface area contributed by atoms with Crippen LogP contribution in [-0.2, 0) is 11.2 Å². The second-order valence-electron chi connectivity index (χ2n) is 4.63. The van der Waals surface area contributed by atoms with Crippen molar-refractivity contribution in [3.05, 3.63) is 17.5 Å². The monoisotopic (exact) mass is 265 g/mol. The second kappa shape index (κ2) is 5.97. The number of aromatic nitrogens is 2. The van der Waals surface area contributed by atoms with Crippen molar-refractivity contribution in [3.8, 4) is 0 Å². The van der Waals surface area contributed by atoms with Gasteiger partial charge in [0.05, 0.1) is 23.9 Å². The molecule has 2 rings (SSSR count). The zero-order chi connectivity index (χ0) is 13.8. The predicted octanol–water partition coefficient (Wildman–Crippen LogP) is 1.35. The number of ether oxygens (including phenoxy) is 1. The molecule has 1 aromatic rings. The Hall–Kier alpha value is -1.69. The molecule has 1 aliphatic rings. The molecule has 0 amide bonds. The van der Waals surface area contributed by atoms with Gasteiger partial charge in [0, 0.05) is 19.9 Å². The first-order chi connectivity index (χ1) is 9.17. The summed E-state index contributed by atoms with van der Waals surface area (Å²) >= 11 is 0. The molecule has 1 atom stereocenters. The third kappa shape index (κ3) is 2.84. The summed E-state index contributed by atoms with van der Waals surface area (Å²) in [5, 5.41) is 9.08. The van der Waals surface area contributed by atoms with E-state index in [4.69, 9.17) is 9.84 Å². The van der Waals surface area contributed by atoms with Gasteiger partial charge in [0.15, 0.2) is 0 Å². The molecule has 104 valence electrons. The fourth-order valence-corrected chi connectivity index (χ4v) is 2.46. The van der Waals surface area contributed by atoms with E-state index in [9.17, 15) is 4.79 Å². The number of anilines is 1. The molecule has 6 heteroatoms. The van der Waals surface area contributed by atoms with Crippen molar-refractivity contribution in [1.29, 1.82) is 0 Å². The van der Waals surface area contributed by atoms with Crippen molar-refractivity contribution in [2.45, 2.75) is 32.2 Å². The summed E-state index contributed by atoms with van der Waals surface area (Å²) in [6, 6.07) is 0.283. The van der Waals surface area contributed by atoms with Gasteiger partial charge in [-0.2, -0.15) is 0 Å². The van der Waals surface area contributed by atoms with Gasteiger partial charge in [-0.25, -0.2) is 14.8 Å². The van der Waals surface area contributed by atoms with E-state index in [1.54, 1.807) is 7.11 Å². The zero-order valence-corrected chi connectivity index (χ0v) is 11.3. The smallest absolute Gasteiger partial charge is 0.339 e. The molecule has 0 bridgehead atoms. The average Bonchev–Trinajstić information content (AvgIpc) is 2.86. The summed E-state index contributed by atoms with van der Waals surface area (Å²) < 4.78 is 5.20. The van der Waals surface area contributed by atoms with Gasteiger partial charge in [-0.1, -0.05) is 6.92 Å². The van der Waals surface area contributed by atoms with Gasteiger partial charge in [0.2, 0.25) is 5.95 Å². The lowest BCUT2D eigenvalue weighted by Crippen LogP contribution is -2.34. The highest BCUT2D eigenvalue weighted by molar-refractivity contribution is 5.88.